The molecular weight excluding hydrogens is 398 g/mol. The lowest BCUT2D eigenvalue weighted by Crippen LogP contribution is -2.40. The third-order valence-corrected chi connectivity index (χ3v) is 6.34. The Morgan fingerprint density at radius 2 is 2.24 bits per heavy atom. The Morgan fingerprint density at radius 3 is 3.00 bits per heavy atom. The maximum atomic E-state index is 5.29. The molecule has 0 spiro atoms. The first-order valence-electron chi connectivity index (χ1n) is 9.14. The van der Waals surface area contributed by atoms with Crippen LogP contribution in [0.25, 0.3) is 0 Å². The molecule has 1 saturated heterocycles. The zero-order chi connectivity index (χ0) is 17.9. The predicted octanol–water partition coefficient (Wildman–Crippen LogP) is 4.26. The van der Waals surface area contributed by atoms with Gasteiger partial charge in [0.25, 0.3) is 0 Å². The maximum absolute atomic E-state index is 5.29. The number of nitrogens with one attached hydrogen (secondary N) is 1. The smallest absolute Gasteiger partial charge is 0.193 e. The van der Waals surface area contributed by atoms with Crippen LogP contribution >= 0.6 is 27.7 Å². The number of likely N-dealkylation sites (tertiary alicyclic amines) is 1. The van der Waals surface area contributed by atoms with Crippen molar-refractivity contribution in [2.75, 3.05) is 45.6 Å². The number of halogens is 1. The van der Waals surface area contributed by atoms with Crippen LogP contribution in [0.4, 0.5) is 0 Å². The van der Waals surface area contributed by atoms with Crippen molar-refractivity contribution in [3.63, 3.8) is 0 Å². The SMILES string of the molecule is CCNC(=NCCCCSc1ccccc1Br)N1CCC(COC)C1. The van der Waals surface area contributed by atoms with E-state index in [1.807, 2.05) is 11.8 Å². The largest absolute Gasteiger partial charge is 0.384 e. The number of nitrogens with zero attached hydrogens (tertiary/aromatic N) is 2. The number of aliphatic imine (C=N–C) groups is 1. The Morgan fingerprint density at radius 1 is 1.40 bits per heavy atom. The fourth-order valence-corrected chi connectivity index (χ4v) is 4.54. The van der Waals surface area contributed by atoms with Crippen LogP contribution in [-0.4, -0.2) is 56.5 Å². The third kappa shape index (κ3) is 7.19. The quantitative estimate of drug-likeness (QED) is 0.276. The van der Waals surface area contributed by atoms with Crippen LogP contribution in [0.1, 0.15) is 26.2 Å². The second-order valence-electron chi connectivity index (χ2n) is 6.28. The Bertz CT molecular complexity index is 541. The molecule has 0 aliphatic carbocycles. The summed E-state index contributed by atoms with van der Waals surface area (Å²) in [5, 5.41) is 3.44. The molecule has 0 bridgehead atoms. The molecule has 1 N–H and O–H groups in total. The summed E-state index contributed by atoms with van der Waals surface area (Å²) in [7, 11) is 1.79. The average molecular weight is 428 g/mol. The molecule has 0 amide bonds. The number of ether oxygens (including phenoxy) is 1. The van der Waals surface area contributed by atoms with Crippen molar-refractivity contribution in [2.45, 2.75) is 31.1 Å². The summed E-state index contributed by atoms with van der Waals surface area (Å²) in [5.41, 5.74) is 0. The summed E-state index contributed by atoms with van der Waals surface area (Å²) in [4.78, 5) is 8.52. The van der Waals surface area contributed by atoms with Crippen LogP contribution < -0.4 is 5.32 Å². The molecule has 1 atom stereocenters. The minimum Gasteiger partial charge on any atom is -0.384 e. The molecule has 0 radical (unpaired) electrons. The van der Waals surface area contributed by atoms with E-state index in [1.165, 1.54) is 22.2 Å². The summed E-state index contributed by atoms with van der Waals surface area (Å²) in [6, 6.07) is 8.41. The van der Waals surface area contributed by atoms with Gasteiger partial charge in [0.15, 0.2) is 5.96 Å². The molecule has 4 nitrogen and oxygen atoms in total. The Hall–Kier alpha value is -0.720. The van der Waals surface area contributed by atoms with Gasteiger partial charge in [-0.15, -0.1) is 11.8 Å². The van der Waals surface area contributed by atoms with Gasteiger partial charge in [-0.05, 0) is 60.0 Å². The molecule has 6 heteroatoms. The van der Waals surface area contributed by atoms with Crippen molar-refractivity contribution in [2.24, 2.45) is 10.9 Å². The Balaban J connectivity index is 1.70. The van der Waals surface area contributed by atoms with Gasteiger partial charge in [0.2, 0.25) is 0 Å². The van der Waals surface area contributed by atoms with E-state index in [1.54, 1.807) is 7.11 Å². The number of thioether (sulfide) groups is 1. The van der Waals surface area contributed by atoms with E-state index >= 15 is 0 Å². The highest BCUT2D eigenvalue weighted by Gasteiger charge is 2.24. The topological polar surface area (TPSA) is 36.9 Å². The summed E-state index contributed by atoms with van der Waals surface area (Å²) in [6.07, 6.45) is 3.50. The molecule has 1 fully saturated rings. The third-order valence-electron chi connectivity index (χ3n) is 4.23. The van der Waals surface area contributed by atoms with Crippen LogP contribution in [0.15, 0.2) is 38.6 Å². The van der Waals surface area contributed by atoms with E-state index in [-0.39, 0.29) is 0 Å². The van der Waals surface area contributed by atoms with E-state index in [2.05, 4.69) is 57.3 Å². The molecule has 25 heavy (non-hydrogen) atoms. The van der Waals surface area contributed by atoms with Gasteiger partial charge < -0.3 is 15.0 Å². The Labute approximate surface area is 164 Å². The van der Waals surface area contributed by atoms with Crippen molar-refractivity contribution >= 4 is 33.7 Å². The van der Waals surface area contributed by atoms with Crippen molar-refractivity contribution in [3.8, 4) is 0 Å². The maximum Gasteiger partial charge on any atom is 0.193 e. The van der Waals surface area contributed by atoms with E-state index in [0.717, 1.165) is 50.9 Å². The molecule has 140 valence electrons. The summed E-state index contributed by atoms with van der Waals surface area (Å²) in [6.45, 7) is 6.93. The van der Waals surface area contributed by atoms with Crippen molar-refractivity contribution in [1.82, 2.24) is 10.2 Å². The van der Waals surface area contributed by atoms with E-state index in [0.29, 0.717) is 5.92 Å². The van der Waals surface area contributed by atoms with Gasteiger partial charge in [-0.1, -0.05) is 12.1 Å². The molecule has 1 aliphatic rings. The number of rotatable bonds is 9. The minimum atomic E-state index is 0.634. The number of hydrogen-bond donors (Lipinski definition) is 1. The van der Waals surface area contributed by atoms with E-state index in [9.17, 15) is 0 Å². The normalized spacial score (nSPS) is 18.0. The van der Waals surface area contributed by atoms with Crippen LogP contribution in [0.5, 0.6) is 0 Å². The van der Waals surface area contributed by atoms with Crippen LogP contribution in [0, 0.1) is 5.92 Å². The van der Waals surface area contributed by atoms with Gasteiger partial charge >= 0.3 is 0 Å². The standard InChI is InChI=1S/C19H30BrN3OS/c1-3-21-19(23-12-10-16(14-23)15-24-2)22-11-6-7-13-25-18-9-5-4-8-17(18)20/h4-5,8-9,16H,3,6-7,10-15H2,1-2H3,(H,21,22). The van der Waals surface area contributed by atoms with E-state index in [4.69, 9.17) is 9.73 Å². The second kappa shape index (κ2) is 11.8. The molecule has 1 heterocycles. The number of benzene rings is 1. The van der Waals surface area contributed by atoms with Gasteiger partial charge in [0, 0.05) is 48.6 Å². The predicted molar refractivity (Wildman–Crippen MR) is 112 cm³/mol. The lowest BCUT2D eigenvalue weighted by Gasteiger charge is -2.21. The van der Waals surface area contributed by atoms with Crippen LogP contribution in [0.3, 0.4) is 0 Å². The second-order valence-corrected chi connectivity index (χ2v) is 8.27. The minimum absolute atomic E-state index is 0.634. The Kier molecular flexibility index (Phi) is 9.73. The highest BCUT2D eigenvalue weighted by Crippen LogP contribution is 2.27. The molecule has 1 aromatic rings. The number of methoxy groups -OCH3 is 1. The van der Waals surface area contributed by atoms with Gasteiger partial charge in [-0.2, -0.15) is 0 Å². The first-order valence-corrected chi connectivity index (χ1v) is 10.9. The first-order chi connectivity index (χ1) is 12.2. The van der Waals surface area contributed by atoms with E-state index < -0.39 is 0 Å². The first kappa shape index (κ1) is 20.6. The summed E-state index contributed by atoms with van der Waals surface area (Å²) in [5.74, 6) is 2.84. The molecule has 0 aromatic heterocycles. The number of unbranched alkanes of at least 4 members (excludes halogenated alkanes) is 1. The summed E-state index contributed by atoms with van der Waals surface area (Å²) < 4.78 is 6.48. The van der Waals surface area contributed by atoms with Crippen LogP contribution in [0.2, 0.25) is 0 Å². The van der Waals surface area contributed by atoms with Crippen molar-refractivity contribution in [1.29, 1.82) is 0 Å². The average Bonchev–Trinajstić information content (AvgIpc) is 3.07. The number of guanidine groups is 1. The monoisotopic (exact) mass is 427 g/mol. The van der Waals surface area contributed by atoms with Crippen molar-refractivity contribution < 1.29 is 4.74 Å². The number of hydrogen-bond acceptors (Lipinski definition) is 3. The lowest BCUT2D eigenvalue weighted by atomic mass is 10.1. The fraction of sp³-hybridized carbons (Fsp3) is 0.632. The zero-order valence-corrected chi connectivity index (χ0v) is 17.7. The lowest BCUT2D eigenvalue weighted by molar-refractivity contribution is 0.157. The van der Waals surface area contributed by atoms with Gasteiger partial charge in [0.05, 0.1) is 6.61 Å². The molecule has 1 aliphatic heterocycles. The molecular formula is C19H30BrN3OS. The highest BCUT2D eigenvalue weighted by molar-refractivity contribution is 9.10. The summed E-state index contributed by atoms with van der Waals surface area (Å²) >= 11 is 5.52. The van der Waals surface area contributed by atoms with Gasteiger partial charge in [0.1, 0.15) is 0 Å². The molecule has 0 saturated carbocycles. The van der Waals surface area contributed by atoms with Crippen LogP contribution in [-0.2, 0) is 4.74 Å². The molecule has 1 aromatic carbocycles. The fourth-order valence-electron chi connectivity index (χ4n) is 2.97. The van der Waals surface area contributed by atoms with Gasteiger partial charge in [-0.3, -0.25) is 4.99 Å². The highest BCUT2D eigenvalue weighted by atomic mass is 79.9. The zero-order valence-electron chi connectivity index (χ0n) is 15.3. The molecule has 2 rings (SSSR count). The van der Waals surface area contributed by atoms with Crippen molar-refractivity contribution in [3.05, 3.63) is 28.7 Å². The van der Waals surface area contributed by atoms with Gasteiger partial charge in [-0.25, -0.2) is 0 Å². The molecule has 1 unspecified atom stereocenters.